The number of benzene rings is 2. The average molecular weight is 532 g/mol. The summed E-state index contributed by atoms with van der Waals surface area (Å²) in [6.45, 7) is 2.13. The fraction of sp³-hybridized carbons (Fsp3) is 0.480. The highest BCUT2D eigenvalue weighted by Crippen LogP contribution is 2.51. The van der Waals surface area contributed by atoms with E-state index in [-0.39, 0.29) is 56.1 Å². The molecule has 4 aliphatic rings. The van der Waals surface area contributed by atoms with Gasteiger partial charge in [-0.1, -0.05) is 12.1 Å². The summed E-state index contributed by atoms with van der Waals surface area (Å²) in [4.78, 5) is 17.0. The average Bonchev–Trinajstić information content (AvgIpc) is 3.40. The van der Waals surface area contributed by atoms with Crippen molar-refractivity contribution in [3.8, 4) is 28.7 Å². The second-order valence-corrected chi connectivity index (χ2v) is 11.3. The maximum absolute atomic E-state index is 14.0. The van der Waals surface area contributed by atoms with Crippen molar-refractivity contribution in [2.24, 2.45) is 0 Å². The molecule has 4 heterocycles. The lowest BCUT2D eigenvalue weighted by Crippen LogP contribution is -2.55. The van der Waals surface area contributed by atoms with Gasteiger partial charge in [-0.2, -0.15) is 4.31 Å². The largest absolute Gasteiger partial charge is 0.492 e. The fourth-order valence-electron chi connectivity index (χ4n) is 5.36. The molecule has 12 heteroatoms. The first kappa shape index (κ1) is 24.1. The van der Waals surface area contributed by atoms with Crippen LogP contribution in [0.5, 0.6) is 28.7 Å². The summed E-state index contributed by atoms with van der Waals surface area (Å²) in [5, 5.41) is 0. The Morgan fingerprint density at radius 3 is 2.46 bits per heavy atom. The Kier molecular flexibility index (Phi) is 6.04. The minimum atomic E-state index is -3.92. The highest BCUT2D eigenvalue weighted by molar-refractivity contribution is 7.89. The Morgan fingerprint density at radius 1 is 0.973 bits per heavy atom. The smallest absolute Gasteiger partial charge is 0.267 e. The minimum Gasteiger partial charge on any atom is -0.492 e. The lowest BCUT2D eigenvalue weighted by molar-refractivity contribution is -0.142. The normalized spacial score (nSPS) is 21.5. The molecule has 37 heavy (non-hydrogen) atoms. The topological polar surface area (TPSA) is 107 Å². The van der Waals surface area contributed by atoms with Gasteiger partial charge in [-0.05, 0) is 31.2 Å². The third kappa shape index (κ3) is 4.03. The van der Waals surface area contributed by atoms with E-state index in [1.165, 1.54) is 4.31 Å². The maximum atomic E-state index is 14.0. The van der Waals surface area contributed by atoms with Gasteiger partial charge in [0.1, 0.15) is 11.5 Å². The number of hydrogen-bond donors (Lipinski definition) is 0. The van der Waals surface area contributed by atoms with Crippen molar-refractivity contribution >= 4 is 15.9 Å². The van der Waals surface area contributed by atoms with E-state index >= 15 is 0 Å². The fourth-order valence-corrected chi connectivity index (χ4v) is 7.18. The van der Waals surface area contributed by atoms with Gasteiger partial charge in [0.2, 0.25) is 28.7 Å². The summed E-state index contributed by atoms with van der Waals surface area (Å²) >= 11 is 0. The number of nitrogens with zero attached hydrogens (tertiary/aromatic N) is 3. The quantitative estimate of drug-likeness (QED) is 0.573. The van der Waals surface area contributed by atoms with Crippen molar-refractivity contribution in [3.05, 3.63) is 35.4 Å². The summed E-state index contributed by atoms with van der Waals surface area (Å²) in [5.41, 5.74) is 1.52. The zero-order chi connectivity index (χ0) is 25.7. The molecule has 1 saturated heterocycles. The van der Waals surface area contributed by atoms with Crippen LogP contribution < -0.4 is 23.7 Å². The Hall–Kier alpha value is -3.22. The van der Waals surface area contributed by atoms with Crippen molar-refractivity contribution in [2.75, 3.05) is 60.3 Å². The van der Waals surface area contributed by atoms with Crippen molar-refractivity contribution < 1.29 is 36.9 Å². The molecular formula is C25H29N3O8S. The molecule has 4 aliphatic heterocycles. The number of fused-ring (bicyclic) bond motifs is 3. The van der Waals surface area contributed by atoms with Gasteiger partial charge in [0.05, 0.1) is 7.11 Å². The van der Waals surface area contributed by atoms with Gasteiger partial charge in [-0.3, -0.25) is 4.79 Å². The van der Waals surface area contributed by atoms with E-state index in [1.807, 2.05) is 19.2 Å². The molecular weight excluding hydrogens is 502 g/mol. The molecule has 1 fully saturated rings. The van der Waals surface area contributed by atoms with Crippen LogP contribution >= 0.6 is 0 Å². The molecule has 2 aromatic rings. The summed E-state index contributed by atoms with van der Waals surface area (Å²) in [5.74, 6) is 1.99. The highest BCUT2D eigenvalue weighted by atomic mass is 32.2. The predicted octanol–water partition coefficient (Wildman–Crippen LogP) is 1.08. The maximum Gasteiger partial charge on any atom is 0.267 e. The first-order chi connectivity index (χ1) is 17.9. The predicted molar refractivity (Wildman–Crippen MR) is 131 cm³/mol. The first-order valence-corrected chi connectivity index (χ1v) is 13.7. The molecule has 11 nitrogen and oxygen atoms in total. The molecule has 0 saturated carbocycles. The summed E-state index contributed by atoms with van der Waals surface area (Å²) in [6.07, 6.45) is -0.218. The van der Waals surface area contributed by atoms with E-state index in [0.29, 0.717) is 48.1 Å². The van der Waals surface area contributed by atoms with Crippen molar-refractivity contribution in [1.29, 1.82) is 0 Å². The number of carbonyl (C=O) groups excluding carboxylic acids is 1. The molecule has 0 N–H and O–H groups in total. The zero-order valence-corrected chi connectivity index (χ0v) is 21.6. The van der Waals surface area contributed by atoms with Crippen molar-refractivity contribution in [3.63, 3.8) is 0 Å². The molecule has 2 aromatic carbocycles. The van der Waals surface area contributed by atoms with Gasteiger partial charge in [-0.25, -0.2) is 8.42 Å². The van der Waals surface area contributed by atoms with E-state index in [9.17, 15) is 13.2 Å². The molecule has 198 valence electrons. The van der Waals surface area contributed by atoms with Gasteiger partial charge in [-0.15, -0.1) is 0 Å². The van der Waals surface area contributed by atoms with Crippen LogP contribution in [0.15, 0.2) is 29.2 Å². The number of likely N-dealkylation sites (N-methyl/N-ethyl adjacent to an activating group) is 1. The van der Waals surface area contributed by atoms with E-state index < -0.39 is 16.1 Å². The molecule has 0 aliphatic carbocycles. The Labute approximate surface area is 215 Å². The van der Waals surface area contributed by atoms with Gasteiger partial charge in [0.15, 0.2) is 23.0 Å². The van der Waals surface area contributed by atoms with E-state index in [4.69, 9.17) is 23.7 Å². The lowest BCUT2D eigenvalue weighted by Gasteiger charge is -2.37. The Bertz CT molecular complexity index is 1340. The molecule has 0 spiro atoms. The molecule has 0 unspecified atom stereocenters. The first-order valence-electron chi connectivity index (χ1n) is 12.3. The number of amides is 1. The number of sulfonamides is 1. The number of para-hydroxylation sites is 2. The molecule has 1 atom stereocenters. The van der Waals surface area contributed by atoms with Crippen molar-refractivity contribution in [1.82, 2.24) is 14.1 Å². The van der Waals surface area contributed by atoms with Gasteiger partial charge < -0.3 is 33.5 Å². The Morgan fingerprint density at radius 2 is 1.70 bits per heavy atom. The third-order valence-corrected chi connectivity index (χ3v) is 9.24. The summed E-state index contributed by atoms with van der Waals surface area (Å²) in [7, 11) is -0.390. The number of ether oxygens (including phenoxy) is 5. The number of hydrogen-bond acceptors (Lipinski definition) is 9. The zero-order valence-electron chi connectivity index (χ0n) is 20.8. The molecule has 0 radical (unpaired) electrons. The summed E-state index contributed by atoms with van der Waals surface area (Å²) in [6, 6.07) is 7.22. The molecule has 6 rings (SSSR count). The second kappa shape index (κ2) is 9.26. The lowest BCUT2D eigenvalue weighted by atomic mass is 9.97. The monoisotopic (exact) mass is 531 g/mol. The molecule has 0 bridgehead atoms. The van der Waals surface area contributed by atoms with Crippen LogP contribution in [0.25, 0.3) is 0 Å². The van der Waals surface area contributed by atoms with Crippen LogP contribution in [0, 0.1) is 0 Å². The van der Waals surface area contributed by atoms with E-state index in [2.05, 4.69) is 4.90 Å². The van der Waals surface area contributed by atoms with Crippen molar-refractivity contribution in [2.45, 2.75) is 24.0 Å². The Balaban J connectivity index is 1.23. The molecule has 1 amide bonds. The minimum absolute atomic E-state index is 0.0676. The molecule has 0 aromatic heterocycles. The second-order valence-electron chi connectivity index (χ2n) is 9.47. The number of carbonyl (C=O) groups is 1. The van der Waals surface area contributed by atoms with Crippen LogP contribution in [-0.2, 0) is 27.8 Å². The van der Waals surface area contributed by atoms with Crippen LogP contribution in [-0.4, -0.2) is 94.8 Å². The SMILES string of the molecule is COc1c2c(c(S(=O)(=O)N3CCN(C(=O)[C@H]4COc5ccccc5O4)CC3)c3c1OCO3)CCN(C)C2. The van der Waals surface area contributed by atoms with Crippen LogP contribution in [0.2, 0.25) is 0 Å². The van der Waals surface area contributed by atoms with Crippen LogP contribution in [0.4, 0.5) is 0 Å². The highest BCUT2D eigenvalue weighted by Gasteiger charge is 2.42. The summed E-state index contributed by atoms with van der Waals surface area (Å²) < 4.78 is 58.0. The van der Waals surface area contributed by atoms with Gasteiger partial charge in [0.25, 0.3) is 5.91 Å². The van der Waals surface area contributed by atoms with Crippen LogP contribution in [0.1, 0.15) is 11.1 Å². The van der Waals surface area contributed by atoms with E-state index in [1.54, 1.807) is 24.1 Å². The van der Waals surface area contributed by atoms with E-state index in [0.717, 1.165) is 5.56 Å². The standard InChI is InChI=1S/C25H29N3O8S/c1-26-8-7-16-17(13-26)21(32-2)22-23(35-15-34-22)24(16)37(30,31)28-11-9-27(10-12-28)25(29)20-14-33-18-5-3-4-6-19(18)36-20/h3-6,20H,7-15H2,1-2H3/t20-/m1/s1. The number of rotatable bonds is 4. The number of piperazine rings is 1. The number of methoxy groups -OCH3 is 1. The van der Waals surface area contributed by atoms with Gasteiger partial charge >= 0.3 is 0 Å². The third-order valence-electron chi connectivity index (χ3n) is 7.25. The van der Waals surface area contributed by atoms with Crippen LogP contribution in [0.3, 0.4) is 0 Å². The van der Waals surface area contributed by atoms with Gasteiger partial charge in [0, 0.05) is 44.8 Å².